The third kappa shape index (κ3) is 49.6. The third-order valence-electron chi connectivity index (χ3n) is 11.1. The van der Waals surface area contributed by atoms with Crippen LogP contribution in [0.4, 0.5) is 0 Å². The molecule has 0 N–H and O–H groups in total. The molecule has 0 aliphatic carbocycles. The van der Waals surface area contributed by atoms with E-state index in [1.165, 1.54) is 83.5 Å². The second-order valence-corrected chi connectivity index (χ2v) is 17.4. The second-order valence-electron chi connectivity index (χ2n) is 17.4. The molecule has 0 saturated heterocycles. The maximum Gasteiger partial charge on any atom is 0.306 e. The summed E-state index contributed by atoms with van der Waals surface area (Å²) in [4.78, 5) is 37.9. The highest BCUT2D eigenvalue weighted by atomic mass is 16.6. The Hall–Kier alpha value is -3.41. The van der Waals surface area contributed by atoms with E-state index in [-0.39, 0.29) is 31.1 Å². The highest BCUT2D eigenvalue weighted by molar-refractivity contribution is 5.71. The molecule has 1 atom stereocenters. The van der Waals surface area contributed by atoms with Crippen LogP contribution in [0.2, 0.25) is 0 Å². The molecular weight excluding hydrogens is 793 g/mol. The van der Waals surface area contributed by atoms with E-state index in [1.54, 1.807) is 0 Å². The fraction of sp³-hybridized carbons (Fsp3) is 0.707. The molecule has 6 nitrogen and oxygen atoms in total. The summed E-state index contributed by atoms with van der Waals surface area (Å²) in [5.41, 5.74) is 0. The first-order valence-electron chi connectivity index (χ1n) is 26.6. The molecule has 0 bridgehead atoms. The number of hydrogen-bond donors (Lipinski definition) is 0. The zero-order chi connectivity index (χ0) is 46.5. The van der Waals surface area contributed by atoms with Crippen molar-refractivity contribution in [3.63, 3.8) is 0 Å². The van der Waals surface area contributed by atoms with Gasteiger partial charge in [-0.05, 0) is 89.9 Å². The van der Waals surface area contributed by atoms with Crippen LogP contribution >= 0.6 is 0 Å². The van der Waals surface area contributed by atoms with E-state index in [9.17, 15) is 14.4 Å². The minimum atomic E-state index is -0.787. The number of carbonyl (C=O) groups excluding carboxylic acids is 3. The number of hydrogen-bond acceptors (Lipinski definition) is 6. The molecule has 6 heteroatoms. The van der Waals surface area contributed by atoms with Crippen molar-refractivity contribution in [3.05, 3.63) is 85.1 Å². The quantitative estimate of drug-likeness (QED) is 0.0262. The maximum absolute atomic E-state index is 12.8. The van der Waals surface area contributed by atoms with Gasteiger partial charge in [0.25, 0.3) is 0 Å². The van der Waals surface area contributed by atoms with Gasteiger partial charge in [0, 0.05) is 19.3 Å². The molecule has 366 valence electrons. The molecule has 0 amide bonds. The van der Waals surface area contributed by atoms with Crippen molar-refractivity contribution in [2.24, 2.45) is 0 Å². The number of allylic oxidation sites excluding steroid dienone is 14. The summed E-state index contributed by atoms with van der Waals surface area (Å²) >= 11 is 0. The van der Waals surface area contributed by atoms with Crippen LogP contribution in [-0.4, -0.2) is 37.2 Å². The molecule has 0 aromatic heterocycles. The van der Waals surface area contributed by atoms with Crippen LogP contribution < -0.4 is 0 Å². The van der Waals surface area contributed by atoms with Crippen LogP contribution in [0.3, 0.4) is 0 Å². The minimum absolute atomic E-state index is 0.0881. The zero-order valence-corrected chi connectivity index (χ0v) is 41.8. The molecule has 0 aliphatic rings. The van der Waals surface area contributed by atoms with E-state index in [1.807, 2.05) is 0 Å². The van der Waals surface area contributed by atoms with E-state index < -0.39 is 6.10 Å². The van der Waals surface area contributed by atoms with E-state index in [0.29, 0.717) is 19.3 Å². The van der Waals surface area contributed by atoms with E-state index in [0.717, 1.165) is 122 Å². The molecule has 0 rings (SSSR count). The number of unbranched alkanes of at least 4 members (excludes halogenated alkanes) is 22. The number of esters is 3. The monoisotopic (exact) mass is 891 g/mol. The van der Waals surface area contributed by atoms with Gasteiger partial charge in [-0.25, -0.2) is 0 Å². The van der Waals surface area contributed by atoms with Crippen molar-refractivity contribution in [2.75, 3.05) is 13.2 Å². The molecule has 0 aromatic rings. The Morgan fingerprint density at radius 3 is 1.03 bits per heavy atom. The lowest BCUT2D eigenvalue weighted by atomic mass is 10.0. The van der Waals surface area contributed by atoms with Crippen molar-refractivity contribution in [1.82, 2.24) is 0 Å². The highest BCUT2D eigenvalue weighted by Crippen LogP contribution is 2.15. The Balaban J connectivity index is 4.35. The lowest BCUT2D eigenvalue weighted by molar-refractivity contribution is -0.167. The van der Waals surface area contributed by atoms with E-state index >= 15 is 0 Å². The van der Waals surface area contributed by atoms with Gasteiger partial charge < -0.3 is 14.2 Å². The summed E-state index contributed by atoms with van der Waals surface area (Å²) in [5.74, 6) is -0.923. The van der Waals surface area contributed by atoms with Gasteiger partial charge in [-0.3, -0.25) is 14.4 Å². The van der Waals surface area contributed by atoms with Crippen molar-refractivity contribution < 1.29 is 28.6 Å². The number of carbonyl (C=O) groups is 3. The van der Waals surface area contributed by atoms with Gasteiger partial charge in [0.1, 0.15) is 13.2 Å². The van der Waals surface area contributed by atoms with Gasteiger partial charge >= 0.3 is 17.9 Å². The summed E-state index contributed by atoms with van der Waals surface area (Å²) < 4.78 is 16.8. The second kappa shape index (κ2) is 52.2. The first-order valence-corrected chi connectivity index (χ1v) is 26.6. The highest BCUT2D eigenvalue weighted by Gasteiger charge is 2.19. The normalized spacial score (nSPS) is 12.7. The average molecular weight is 891 g/mol. The SMILES string of the molecule is CC/C=C\C/C=C\C/C=C\C/C=C\C/C=C\C/C=C\CCCCCCC(=O)OCC(COC(=O)CCCCCCC/C=C\CCC)OC(=O)CCCCCCCCCCCCCCC. The number of ether oxygens (including phenoxy) is 3. The lowest BCUT2D eigenvalue weighted by Crippen LogP contribution is -2.30. The summed E-state index contributed by atoms with van der Waals surface area (Å²) in [6.07, 6.45) is 67.1. The Morgan fingerprint density at radius 2 is 0.641 bits per heavy atom. The maximum atomic E-state index is 12.8. The lowest BCUT2D eigenvalue weighted by Gasteiger charge is -2.18. The van der Waals surface area contributed by atoms with Crippen molar-refractivity contribution >= 4 is 17.9 Å². The molecule has 0 aliphatic heterocycles. The van der Waals surface area contributed by atoms with Crippen molar-refractivity contribution in [1.29, 1.82) is 0 Å². The van der Waals surface area contributed by atoms with Gasteiger partial charge in [-0.2, -0.15) is 0 Å². The topological polar surface area (TPSA) is 78.9 Å². The molecule has 0 radical (unpaired) electrons. The molecule has 0 spiro atoms. The molecule has 0 saturated carbocycles. The zero-order valence-electron chi connectivity index (χ0n) is 41.8. The molecular formula is C58H98O6. The Labute approximate surface area is 395 Å². The summed E-state index contributed by atoms with van der Waals surface area (Å²) in [5, 5.41) is 0. The average Bonchev–Trinajstić information content (AvgIpc) is 3.29. The van der Waals surface area contributed by atoms with Crippen molar-refractivity contribution in [3.8, 4) is 0 Å². The predicted molar refractivity (Wildman–Crippen MR) is 274 cm³/mol. The van der Waals surface area contributed by atoms with Crippen LogP contribution in [0.15, 0.2) is 85.1 Å². The molecule has 0 fully saturated rings. The van der Waals surface area contributed by atoms with Crippen LogP contribution in [0, 0.1) is 0 Å². The standard InChI is InChI=1S/C58H98O6/c1-4-7-10-13-16-19-22-24-25-26-27-28-29-30-31-32-33-35-36-39-42-45-48-51-57(60)63-54-55(53-62-56(59)50-47-44-41-38-21-18-15-12-9-6-3)64-58(61)52-49-46-43-40-37-34-23-20-17-14-11-8-5-2/h7,10,12,15-16,19,24-25,27-28,30-31,33,35,55H,4-6,8-9,11,13-14,17-18,20-23,26,29,32,34,36-54H2,1-3H3/b10-7-,15-12-,19-16-,25-24-,28-27-,31-30-,35-33-. The van der Waals surface area contributed by atoms with E-state index in [4.69, 9.17) is 14.2 Å². The summed E-state index contributed by atoms with van der Waals surface area (Å²) in [7, 11) is 0. The molecule has 1 unspecified atom stereocenters. The van der Waals surface area contributed by atoms with Crippen LogP contribution in [0.1, 0.15) is 245 Å². The van der Waals surface area contributed by atoms with Gasteiger partial charge in [0.15, 0.2) is 6.10 Å². The smallest absolute Gasteiger partial charge is 0.306 e. The van der Waals surface area contributed by atoms with Crippen LogP contribution in [0.5, 0.6) is 0 Å². The summed E-state index contributed by atoms with van der Waals surface area (Å²) in [6.45, 7) is 6.43. The third-order valence-corrected chi connectivity index (χ3v) is 11.1. The fourth-order valence-electron chi connectivity index (χ4n) is 7.15. The first kappa shape index (κ1) is 60.6. The van der Waals surface area contributed by atoms with Gasteiger partial charge in [-0.15, -0.1) is 0 Å². The summed E-state index contributed by atoms with van der Waals surface area (Å²) in [6, 6.07) is 0. The van der Waals surface area contributed by atoms with E-state index in [2.05, 4.69) is 106 Å². The first-order chi connectivity index (χ1) is 31.5. The van der Waals surface area contributed by atoms with Crippen LogP contribution in [0.25, 0.3) is 0 Å². The fourth-order valence-corrected chi connectivity index (χ4v) is 7.15. The Bertz CT molecular complexity index is 1250. The largest absolute Gasteiger partial charge is 0.462 e. The predicted octanol–water partition coefficient (Wildman–Crippen LogP) is 17.6. The van der Waals surface area contributed by atoms with Crippen LogP contribution in [-0.2, 0) is 28.6 Å². The molecule has 64 heavy (non-hydrogen) atoms. The van der Waals surface area contributed by atoms with Gasteiger partial charge in [0.2, 0.25) is 0 Å². The molecule has 0 aromatic carbocycles. The van der Waals surface area contributed by atoms with Gasteiger partial charge in [0.05, 0.1) is 0 Å². The van der Waals surface area contributed by atoms with Gasteiger partial charge in [-0.1, -0.05) is 221 Å². The molecule has 0 heterocycles. The Kier molecular flexibility index (Phi) is 49.4. The Morgan fingerprint density at radius 1 is 0.328 bits per heavy atom. The minimum Gasteiger partial charge on any atom is -0.462 e. The number of rotatable bonds is 47. The van der Waals surface area contributed by atoms with Crippen molar-refractivity contribution in [2.45, 2.75) is 252 Å².